The smallest absolute Gasteiger partial charge is 0.0702 e. The van der Waals surface area contributed by atoms with Crippen LogP contribution >= 0.6 is 15.9 Å². The molecule has 2 atom stereocenters. The van der Waals surface area contributed by atoms with Crippen molar-refractivity contribution in [1.29, 1.82) is 0 Å². The lowest BCUT2D eigenvalue weighted by atomic mass is 10.2. The number of likely N-dealkylation sites (tertiary alicyclic amines) is 1. The van der Waals surface area contributed by atoms with Crippen molar-refractivity contribution in [3.05, 3.63) is 0 Å². The summed E-state index contributed by atoms with van der Waals surface area (Å²) in [6.45, 7) is 4.59. The molecule has 2 aliphatic heterocycles. The van der Waals surface area contributed by atoms with Crippen LogP contribution in [0.2, 0.25) is 0 Å². The maximum Gasteiger partial charge on any atom is 0.0702 e. The molecule has 0 aromatic carbocycles. The lowest BCUT2D eigenvalue weighted by Gasteiger charge is -2.18. The molecule has 0 aromatic rings. The maximum absolute atomic E-state index is 5.59. The van der Waals surface area contributed by atoms with E-state index in [9.17, 15) is 0 Å². The van der Waals surface area contributed by atoms with Crippen LogP contribution in [0, 0.1) is 0 Å². The Labute approximate surface area is 82.4 Å². The first-order valence-electron chi connectivity index (χ1n) is 4.82. The van der Waals surface area contributed by atoms with Crippen LogP contribution in [0.25, 0.3) is 0 Å². The SMILES string of the molecule is BrC1CCN(CC2CCCO2)C1. The zero-order valence-corrected chi connectivity index (χ0v) is 8.92. The predicted molar refractivity (Wildman–Crippen MR) is 52.7 cm³/mol. The Bertz CT molecular complexity index is 147. The van der Waals surface area contributed by atoms with Gasteiger partial charge in [0.05, 0.1) is 6.10 Å². The molecule has 12 heavy (non-hydrogen) atoms. The van der Waals surface area contributed by atoms with Crippen molar-refractivity contribution in [2.45, 2.75) is 30.2 Å². The third-order valence-corrected chi connectivity index (χ3v) is 3.45. The highest BCUT2D eigenvalue weighted by molar-refractivity contribution is 9.09. The van der Waals surface area contributed by atoms with Gasteiger partial charge in [0.25, 0.3) is 0 Å². The van der Waals surface area contributed by atoms with Crippen molar-refractivity contribution in [2.75, 3.05) is 26.2 Å². The Kier molecular flexibility index (Phi) is 3.05. The Morgan fingerprint density at radius 3 is 2.92 bits per heavy atom. The number of ether oxygens (including phenoxy) is 1. The minimum Gasteiger partial charge on any atom is -0.377 e. The Morgan fingerprint density at radius 1 is 1.42 bits per heavy atom. The fourth-order valence-corrected chi connectivity index (χ4v) is 2.64. The second-order valence-electron chi connectivity index (χ2n) is 3.78. The van der Waals surface area contributed by atoms with E-state index < -0.39 is 0 Å². The molecule has 3 heteroatoms. The molecule has 0 radical (unpaired) electrons. The third kappa shape index (κ3) is 2.21. The number of alkyl halides is 1. The largest absolute Gasteiger partial charge is 0.377 e. The molecule has 0 bridgehead atoms. The van der Waals surface area contributed by atoms with Gasteiger partial charge in [-0.3, -0.25) is 4.90 Å². The molecule has 2 nitrogen and oxygen atoms in total. The summed E-state index contributed by atoms with van der Waals surface area (Å²) in [7, 11) is 0. The molecule has 0 aromatic heterocycles. The zero-order chi connectivity index (χ0) is 8.39. The predicted octanol–water partition coefficient (Wildman–Crippen LogP) is 1.63. The second-order valence-corrected chi connectivity index (χ2v) is 5.08. The van der Waals surface area contributed by atoms with Gasteiger partial charge in [0.15, 0.2) is 0 Å². The number of halogens is 1. The van der Waals surface area contributed by atoms with Crippen LogP contribution in [-0.2, 0) is 4.74 Å². The normalized spacial score (nSPS) is 37.8. The Balaban J connectivity index is 1.72. The fourth-order valence-electron chi connectivity index (χ4n) is 2.03. The standard InChI is InChI=1S/C9H16BrNO/c10-8-3-4-11(6-8)7-9-2-1-5-12-9/h8-9H,1-7H2. The minimum atomic E-state index is 0.530. The van der Waals surface area contributed by atoms with Crippen molar-refractivity contribution >= 4 is 15.9 Å². The van der Waals surface area contributed by atoms with Crippen molar-refractivity contribution in [2.24, 2.45) is 0 Å². The van der Waals surface area contributed by atoms with E-state index in [1.807, 2.05) is 0 Å². The van der Waals surface area contributed by atoms with Gasteiger partial charge in [-0.1, -0.05) is 15.9 Å². The van der Waals surface area contributed by atoms with E-state index in [0.29, 0.717) is 6.10 Å². The summed E-state index contributed by atoms with van der Waals surface area (Å²) < 4.78 is 5.59. The minimum absolute atomic E-state index is 0.530. The van der Waals surface area contributed by atoms with Crippen molar-refractivity contribution in [3.63, 3.8) is 0 Å². The molecule has 2 aliphatic rings. The molecule has 0 amide bonds. The summed E-state index contributed by atoms with van der Waals surface area (Å²) in [6.07, 6.45) is 4.36. The third-order valence-electron chi connectivity index (χ3n) is 2.70. The highest BCUT2D eigenvalue weighted by atomic mass is 79.9. The molecule has 0 N–H and O–H groups in total. The first kappa shape index (κ1) is 8.97. The van der Waals surface area contributed by atoms with Gasteiger partial charge >= 0.3 is 0 Å². The van der Waals surface area contributed by atoms with Crippen molar-refractivity contribution in [3.8, 4) is 0 Å². The van der Waals surface area contributed by atoms with Crippen LogP contribution in [0.4, 0.5) is 0 Å². The lowest BCUT2D eigenvalue weighted by molar-refractivity contribution is 0.0809. The Morgan fingerprint density at radius 2 is 2.33 bits per heavy atom. The molecular weight excluding hydrogens is 218 g/mol. The van der Waals surface area contributed by atoms with Gasteiger partial charge < -0.3 is 4.74 Å². The van der Waals surface area contributed by atoms with Crippen LogP contribution in [0.3, 0.4) is 0 Å². The van der Waals surface area contributed by atoms with Gasteiger partial charge in [-0.2, -0.15) is 0 Å². The molecule has 0 spiro atoms. The van der Waals surface area contributed by atoms with Crippen LogP contribution in [0.15, 0.2) is 0 Å². The van der Waals surface area contributed by atoms with E-state index in [-0.39, 0.29) is 0 Å². The van der Waals surface area contributed by atoms with Gasteiger partial charge in [-0.25, -0.2) is 0 Å². The number of hydrogen-bond acceptors (Lipinski definition) is 2. The average Bonchev–Trinajstić information content (AvgIpc) is 2.63. The van der Waals surface area contributed by atoms with Crippen molar-refractivity contribution in [1.82, 2.24) is 4.90 Å². The lowest BCUT2D eigenvalue weighted by Crippen LogP contribution is -2.30. The molecule has 0 aliphatic carbocycles. The highest BCUT2D eigenvalue weighted by Gasteiger charge is 2.24. The summed E-state index contributed by atoms with van der Waals surface area (Å²) in [5.74, 6) is 0. The molecule has 0 saturated carbocycles. The van der Waals surface area contributed by atoms with Gasteiger partial charge in [0, 0.05) is 24.5 Å². The topological polar surface area (TPSA) is 12.5 Å². The highest BCUT2D eigenvalue weighted by Crippen LogP contribution is 2.19. The summed E-state index contributed by atoms with van der Waals surface area (Å²) in [5.41, 5.74) is 0. The molecule has 2 rings (SSSR count). The quantitative estimate of drug-likeness (QED) is 0.673. The van der Waals surface area contributed by atoms with Gasteiger partial charge in [-0.15, -0.1) is 0 Å². The van der Waals surface area contributed by atoms with Crippen LogP contribution in [-0.4, -0.2) is 42.1 Å². The van der Waals surface area contributed by atoms with Gasteiger partial charge in [-0.05, 0) is 25.8 Å². The summed E-state index contributed by atoms with van der Waals surface area (Å²) in [5, 5.41) is 0. The molecule has 2 heterocycles. The molecule has 70 valence electrons. The monoisotopic (exact) mass is 233 g/mol. The first-order valence-corrected chi connectivity index (χ1v) is 5.74. The van der Waals surface area contributed by atoms with E-state index in [0.717, 1.165) is 18.0 Å². The molecular formula is C9H16BrNO. The van der Waals surface area contributed by atoms with Crippen LogP contribution in [0.5, 0.6) is 0 Å². The van der Waals surface area contributed by atoms with E-state index in [2.05, 4.69) is 20.8 Å². The number of nitrogens with zero attached hydrogens (tertiary/aromatic N) is 1. The van der Waals surface area contributed by atoms with Crippen LogP contribution < -0.4 is 0 Å². The molecule has 2 fully saturated rings. The second kappa shape index (κ2) is 4.07. The molecule has 2 unspecified atom stereocenters. The maximum atomic E-state index is 5.59. The van der Waals surface area contributed by atoms with Crippen molar-refractivity contribution < 1.29 is 4.74 Å². The van der Waals surface area contributed by atoms with E-state index in [4.69, 9.17) is 4.74 Å². The number of rotatable bonds is 2. The van der Waals surface area contributed by atoms with E-state index in [1.165, 1.54) is 32.4 Å². The van der Waals surface area contributed by atoms with Gasteiger partial charge in [0.2, 0.25) is 0 Å². The van der Waals surface area contributed by atoms with E-state index in [1.54, 1.807) is 0 Å². The summed E-state index contributed by atoms with van der Waals surface area (Å²) in [6, 6.07) is 0. The first-order chi connectivity index (χ1) is 5.84. The van der Waals surface area contributed by atoms with Gasteiger partial charge in [0.1, 0.15) is 0 Å². The fraction of sp³-hybridized carbons (Fsp3) is 1.00. The van der Waals surface area contributed by atoms with Crippen LogP contribution in [0.1, 0.15) is 19.3 Å². The Hall–Kier alpha value is 0.400. The summed E-state index contributed by atoms with van der Waals surface area (Å²) in [4.78, 5) is 3.23. The molecule has 2 saturated heterocycles. The zero-order valence-electron chi connectivity index (χ0n) is 7.34. The average molecular weight is 234 g/mol. The summed E-state index contributed by atoms with van der Waals surface area (Å²) >= 11 is 3.65. The number of hydrogen-bond donors (Lipinski definition) is 0. The van der Waals surface area contributed by atoms with E-state index >= 15 is 0 Å².